The lowest BCUT2D eigenvalue weighted by Gasteiger charge is -2.26. The zero-order valence-corrected chi connectivity index (χ0v) is 11.1. The van der Waals surface area contributed by atoms with E-state index >= 15 is 0 Å². The van der Waals surface area contributed by atoms with E-state index in [0.717, 1.165) is 32.5 Å². The summed E-state index contributed by atoms with van der Waals surface area (Å²) in [5.41, 5.74) is 0. The fourth-order valence-corrected chi connectivity index (χ4v) is 2.23. The molecular formula is C13H27N3O. The van der Waals surface area contributed by atoms with E-state index in [2.05, 4.69) is 15.5 Å². The molecule has 1 aliphatic heterocycles. The van der Waals surface area contributed by atoms with Crippen LogP contribution in [-0.4, -0.2) is 50.6 Å². The van der Waals surface area contributed by atoms with Crippen LogP contribution >= 0.6 is 0 Å². The van der Waals surface area contributed by atoms with Gasteiger partial charge in [0.15, 0.2) is 0 Å². The number of nitrogens with zero attached hydrogens (tertiary/aromatic N) is 1. The molecule has 1 heterocycles. The summed E-state index contributed by atoms with van der Waals surface area (Å²) >= 11 is 0. The normalized spacial score (nSPS) is 17.0. The van der Waals surface area contributed by atoms with Crippen LogP contribution in [0.5, 0.6) is 0 Å². The lowest BCUT2D eigenvalue weighted by molar-refractivity contribution is -0.121. The number of amides is 1. The smallest absolute Gasteiger partial charge is 0.220 e. The minimum Gasteiger partial charge on any atom is -0.356 e. The van der Waals surface area contributed by atoms with E-state index in [1.54, 1.807) is 0 Å². The number of hydrogen-bond donors (Lipinski definition) is 2. The third-order valence-corrected chi connectivity index (χ3v) is 3.25. The summed E-state index contributed by atoms with van der Waals surface area (Å²) < 4.78 is 0. The van der Waals surface area contributed by atoms with E-state index in [-0.39, 0.29) is 5.91 Å². The topological polar surface area (TPSA) is 44.4 Å². The number of piperidine rings is 1. The molecule has 0 aliphatic carbocycles. The Labute approximate surface area is 105 Å². The summed E-state index contributed by atoms with van der Waals surface area (Å²) in [4.78, 5) is 13.9. The summed E-state index contributed by atoms with van der Waals surface area (Å²) in [6.45, 7) is 5.37. The Bertz CT molecular complexity index is 203. The Balaban J connectivity index is 1.90. The van der Waals surface area contributed by atoms with E-state index in [1.807, 2.05) is 7.05 Å². The number of nitrogens with one attached hydrogen (secondary N) is 2. The summed E-state index contributed by atoms with van der Waals surface area (Å²) in [7, 11) is 1.91. The molecule has 0 unspecified atom stereocenters. The van der Waals surface area contributed by atoms with Crippen LogP contribution in [0.25, 0.3) is 0 Å². The van der Waals surface area contributed by atoms with Gasteiger partial charge in [-0.05, 0) is 58.9 Å². The monoisotopic (exact) mass is 241 g/mol. The fourth-order valence-electron chi connectivity index (χ4n) is 2.23. The molecule has 4 heteroatoms. The van der Waals surface area contributed by atoms with Crippen molar-refractivity contribution in [2.45, 2.75) is 38.5 Å². The van der Waals surface area contributed by atoms with Crippen molar-refractivity contribution in [3.05, 3.63) is 0 Å². The highest BCUT2D eigenvalue weighted by Gasteiger charge is 2.09. The zero-order chi connectivity index (χ0) is 12.3. The van der Waals surface area contributed by atoms with E-state index in [1.165, 1.54) is 32.4 Å². The van der Waals surface area contributed by atoms with Crippen LogP contribution < -0.4 is 10.6 Å². The molecule has 100 valence electrons. The van der Waals surface area contributed by atoms with Crippen LogP contribution in [0.15, 0.2) is 0 Å². The van der Waals surface area contributed by atoms with E-state index < -0.39 is 0 Å². The van der Waals surface area contributed by atoms with Crippen LogP contribution in [0.1, 0.15) is 38.5 Å². The molecule has 0 spiro atoms. The molecule has 4 nitrogen and oxygen atoms in total. The van der Waals surface area contributed by atoms with Crippen LogP contribution in [0.3, 0.4) is 0 Å². The van der Waals surface area contributed by atoms with Gasteiger partial charge in [-0.3, -0.25) is 4.79 Å². The first kappa shape index (κ1) is 14.5. The molecule has 1 fully saturated rings. The van der Waals surface area contributed by atoms with Crippen molar-refractivity contribution in [1.82, 2.24) is 15.5 Å². The van der Waals surface area contributed by atoms with Crippen molar-refractivity contribution >= 4 is 5.91 Å². The van der Waals surface area contributed by atoms with Crippen molar-refractivity contribution in [2.75, 3.05) is 39.8 Å². The maximum absolute atomic E-state index is 11.4. The van der Waals surface area contributed by atoms with E-state index in [0.29, 0.717) is 6.42 Å². The summed E-state index contributed by atoms with van der Waals surface area (Å²) in [6, 6.07) is 0. The van der Waals surface area contributed by atoms with Crippen molar-refractivity contribution in [3.63, 3.8) is 0 Å². The van der Waals surface area contributed by atoms with E-state index in [9.17, 15) is 4.79 Å². The highest BCUT2D eigenvalue weighted by Crippen LogP contribution is 2.08. The number of rotatable bonds is 8. The molecule has 0 bridgehead atoms. The van der Waals surface area contributed by atoms with Gasteiger partial charge in [0, 0.05) is 13.0 Å². The average molecular weight is 241 g/mol. The molecule has 0 atom stereocenters. The molecule has 0 aromatic heterocycles. The van der Waals surface area contributed by atoms with Gasteiger partial charge in [0.25, 0.3) is 0 Å². The molecule has 1 amide bonds. The van der Waals surface area contributed by atoms with Gasteiger partial charge in [0.2, 0.25) is 5.91 Å². The lowest BCUT2D eigenvalue weighted by atomic mass is 10.1. The molecular weight excluding hydrogens is 214 g/mol. The molecule has 0 radical (unpaired) electrons. The second-order valence-corrected chi connectivity index (χ2v) is 4.81. The van der Waals surface area contributed by atoms with Gasteiger partial charge in [-0.2, -0.15) is 0 Å². The minimum absolute atomic E-state index is 0.193. The zero-order valence-electron chi connectivity index (χ0n) is 11.1. The summed E-state index contributed by atoms with van der Waals surface area (Å²) in [5, 5.41) is 6.03. The Morgan fingerprint density at radius 1 is 1.12 bits per heavy atom. The summed E-state index contributed by atoms with van der Waals surface area (Å²) in [5.74, 6) is 0.193. The van der Waals surface area contributed by atoms with Crippen molar-refractivity contribution in [1.29, 1.82) is 0 Å². The molecule has 2 N–H and O–H groups in total. The Morgan fingerprint density at radius 2 is 1.88 bits per heavy atom. The molecule has 1 saturated heterocycles. The molecule has 17 heavy (non-hydrogen) atoms. The van der Waals surface area contributed by atoms with Crippen LogP contribution in [0.2, 0.25) is 0 Å². The minimum atomic E-state index is 0.193. The Morgan fingerprint density at radius 3 is 2.59 bits per heavy atom. The van der Waals surface area contributed by atoms with Crippen LogP contribution in [-0.2, 0) is 4.79 Å². The second kappa shape index (κ2) is 9.42. The number of likely N-dealkylation sites (tertiary alicyclic amines) is 1. The Hall–Kier alpha value is -0.610. The lowest BCUT2D eigenvalue weighted by Crippen LogP contribution is -2.33. The molecule has 1 rings (SSSR count). The van der Waals surface area contributed by atoms with Gasteiger partial charge >= 0.3 is 0 Å². The van der Waals surface area contributed by atoms with Gasteiger partial charge in [-0.25, -0.2) is 0 Å². The first-order valence-corrected chi connectivity index (χ1v) is 6.96. The van der Waals surface area contributed by atoms with Crippen molar-refractivity contribution in [2.24, 2.45) is 0 Å². The predicted molar refractivity (Wildman–Crippen MR) is 71.1 cm³/mol. The van der Waals surface area contributed by atoms with Crippen LogP contribution in [0, 0.1) is 0 Å². The molecule has 0 aromatic rings. The number of hydrogen-bond acceptors (Lipinski definition) is 3. The predicted octanol–water partition coefficient (Wildman–Crippen LogP) is 0.978. The first-order valence-electron chi connectivity index (χ1n) is 6.96. The van der Waals surface area contributed by atoms with E-state index in [4.69, 9.17) is 0 Å². The average Bonchev–Trinajstić information content (AvgIpc) is 2.36. The standard InChI is InChI=1S/C13H27N3O/c1-14-8-5-7-13(17)15-9-6-12-16-10-3-2-4-11-16/h14H,2-12H2,1H3,(H,15,17). The van der Waals surface area contributed by atoms with Gasteiger partial charge in [0.05, 0.1) is 0 Å². The molecule has 1 aliphatic rings. The largest absolute Gasteiger partial charge is 0.356 e. The van der Waals surface area contributed by atoms with Gasteiger partial charge in [-0.1, -0.05) is 6.42 Å². The highest BCUT2D eigenvalue weighted by molar-refractivity contribution is 5.75. The second-order valence-electron chi connectivity index (χ2n) is 4.81. The van der Waals surface area contributed by atoms with Crippen molar-refractivity contribution < 1.29 is 4.79 Å². The van der Waals surface area contributed by atoms with Gasteiger partial charge in [0.1, 0.15) is 0 Å². The first-order chi connectivity index (χ1) is 8.33. The van der Waals surface area contributed by atoms with Crippen LogP contribution in [0.4, 0.5) is 0 Å². The summed E-state index contributed by atoms with van der Waals surface area (Å²) in [6.07, 6.45) is 6.72. The fraction of sp³-hybridized carbons (Fsp3) is 0.923. The highest BCUT2D eigenvalue weighted by atomic mass is 16.1. The maximum Gasteiger partial charge on any atom is 0.220 e. The third-order valence-electron chi connectivity index (χ3n) is 3.25. The van der Waals surface area contributed by atoms with Gasteiger partial charge in [-0.15, -0.1) is 0 Å². The Kier molecular flexibility index (Phi) is 8.01. The molecule has 0 aromatic carbocycles. The third kappa shape index (κ3) is 7.34. The molecule has 0 saturated carbocycles. The van der Waals surface area contributed by atoms with Crippen molar-refractivity contribution in [3.8, 4) is 0 Å². The quantitative estimate of drug-likeness (QED) is 0.623. The number of carbonyl (C=O) groups excluding carboxylic acids is 1. The SMILES string of the molecule is CNCCCC(=O)NCCCN1CCCCC1. The van der Waals surface area contributed by atoms with Gasteiger partial charge < -0.3 is 15.5 Å². The number of carbonyl (C=O) groups is 1. The maximum atomic E-state index is 11.4.